The minimum atomic E-state index is 0.627. The summed E-state index contributed by atoms with van der Waals surface area (Å²) in [5.74, 6) is 3.24. The lowest BCUT2D eigenvalue weighted by molar-refractivity contribution is 0.312. The van der Waals surface area contributed by atoms with Gasteiger partial charge in [0.15, 0.2) is 5.90 Å². The number of aliphatic imine (C=N–C) groups is 1. The van der Waals surface area contributed by atoms with Gasteiger partial charge in [-0.1, -0.05) is 12.2 Å². The highest BCUT2D eigenvalue weighted by Crippen LogP contribution is 2.44. The van der Waals surface area contributed by atoms with E-state index < -0.39 is 0 Å². The van der Waals surface area contributed by atoms with Crippen LogP contribution in [0.5, 0.6) is 0 Å². The van der Waals surface area contributed by atoms with Gasteiger partial charge in [-0.3, -0.25) is 4.99 Å². The van der Waals surface area contributed by atoms with Crippen LogP contribution in [0.4, 0.5) is 0 Å². The molecule has 0 spiro atoms. The van der Waals surface area contributed by atoms with Gasteiger partial charge in [-0.2, -0.15) is 0 Å². The number of nitrogens with zero attached hydrogens (tertiary/aromatic N) is 1. The zero-order chi connectivity index (χ0) is 7.97. The van der Waals surface area contributed by atoms with E-state index in [9.17, 15) is 0 Å². The fraction of sp³-hybridized carbons (Fsp3) is 0.700. The van der Waals surface area contributed by atoms with Crippen LogP contribution in [0.1, 0.15) is 12.8 Å². The van der Waals surface area contributed by atoms with Crippen molar-refractivity contribution in [2.24, 2.45) is 22.7 Å². The highest BCUT2D eigenvalue weighted by molar-refractivity contribution is 5.81. The molecule has 1 fully saturated rings. The molecule has 2 aliphatic carbocycles. The average molecular weight is 163 g/mol. The lowest BCUT2D eigenvalue weighted by atomic mass is 9.93. The molecule has 0 saturated heterocycles. The number of hydrogen-bond acceptors (Lipinski definition) is 2. The molecule has 2 nitrogen and oxygen atoms in total. The molecular formula is C10H13NO. The van der Waals surface area contributed by atoms with E-state index in [4.69, 9.17) is 4.74 Å². The number of allylic oxidation sites excluding steroid dienone is 2. The molecule has 1 aliphatic heterocycles. The minimum Gasteiger partial charge on any atom is -0.479 e. The fourth-order valence-electron chi connectivity index (χ4n) is 2.64. The third-order valence-corrected chi connectivity index (χ3v) is 3.20. The van der Waals surface area contributed by atoms with Crippen LogP contribution in [0.15, 0.2) is 17.1 Å². The van der Waals surface area contributed by atoms with Gasteiger partial charge in [0, 0.05) is 5.92 Å². The predicted molar refractivity (Wildman–Crippen MR) is 47.1 cm³/mol. The second kappa shape index (κ2) is 2.35. The van der Waals surface area contributed by atoms with Crippen LogP contribution in [-0.2, 0) is 4.74 Å². The lowest BCUT2D eigenvalue weighted by Crippen LogP contribution is -2.19. The highest BCUT2D eigenvalue weighted by atomic mass is 16.5. The van der Waals surface area contributed by atoms with Crippen LogP contribution in [0.25, 0.3) is 0 Å². The Balaban J connectivity index is 1.82. The van der Waals surface area contributed by atoms with E-state index in [0.717, 1.165) is 30.9 Å². The van der Waals surface area contributed by atoms with Gasteiger partial charge in [0.25, 0.3) is 0 Å². The Kier molecular flexibility index (Phi) is 1.31. The Morgan fingerprint density at radius 1 is 1.33 bits per heavy atom. The van der Waals surface area contributed by atoms with Crippen molar-refractivity contribution in [3.05, 3.63) is 12.2 Å². The Bertz CT molecular complexity index is 257. The summed E-state index contributed by atoms with van der Waals surface area (Å²) in [4.78, 5) is 4.40. The summed E-state index contributed by atoms with van der Waals surface area (Å²) in [6.45, 7) is 1.69. The van der Waals surface area contributed by atoms with Crippen molar-refractivity contribution in [1.29, 1.82) is 0 Å². The van der Waals surface area contributed by atoms with Gasteiger partial charge < -0.3 is 4.74 Å². The molecule has 0 radical (unpaired) electrons. The van der Waals surface area contributed by atoms with E-state index in [0.29, 0.717) is 5.92 Å². The van der Waals surface area contributed by atoms with Gasteiger partial charge in [-0.05, 0) is 24.7 Å². The molecule has 0 N–H and O–H groups in total. The number of ether oxygens (including phenoxy) is 1. The molecule has 1 unspecified atom stereocenters. The molecule has 64 valence electrons. The summed E-state index contributed by atoms with van der Waals surface area (Å²) in [7, 11) is 0. The molecule has 0 aromatic carbocycles. The van der Waals surface area contributed by atoms with Gasteiger partial charge in [-0.25, -0.2) is 0 Å². The van der Waals surface area contributed by atoms with Crippen LogP contribution >= 0.6 is 0 Å². The Hall–Kier alpha value is -0.790. The lowest BCUT2D eigenvalue weighted by Gasteiger charge is -2.16. The molecular weight excluding hydrogens is 150 g/mol. The smallest absolute Gasteiger partial charge is 0.187 e. The van der Waals surface area contributed by atoms with Gasteiger partial charge in [0.1, 0.15) is 6.61 Å². The van der Waals surface area contributed by atoms with Crippen molar-refractivity contribution in [3.63, 3.8) is 0 Å². The Labute approximate surface area is 72.3 Å². The van der Waals surface area contributed by atoms with Crippen molar-refractivity contribution in [2.75, 3.05) is 13.2 Å². The van der Waals surface area contributed by atoms with E-state index in [2.05, 4.69) is 17.1 Å². The van der Waals surface area contributed by atoms with E-state index in [1.807, 2.05) is 0 Å². The molecule has 3 atom stereocenters. The van der Waals surface area contributed by atoms with Gasteiger partial charge in [0.2, 0.25) is 0 Å². The molecule has 1 heterocycles. The minimum absolute atomic E-state index is 0.627. The molecule has 2 bridgehead atoms. The van der Waals surface area contributed by atoms with Crippen molar-refractivity contribution in [3.8, 4) is 0 Å². The van der Waals surface area contributed by atoms with Gasteiger partial charge in [-0.15, -0.1) is 0 Å². The van der Waals surface area contributed by atoms with Crippen LogP contribution < -0.4 is 0 Å². The maximum atomic E-state index is 5.51. The number of fused-ring (bicyclic) bond motifs is 2. The Morgan fingerprint density at radius 2 is 2.33 bits per heavy atom. The molecule has 0 aromatic rings. The van der Waals surface area contributed by atoms with Crippen LogP contribution in [0, 0.1) is 17.8 Å². The molecule has 3 aliphatic rings. The third kappa shape index (κ3) is 0.838. The number of rotatable bonds is 1. The third-order valence-electron chi connectivity index (χ3n) is 3.20. The van der Waals surface area contributed by atoms with Crippen LogP contribution in [-0.4, -0.2) is 19.0 Å². The van der Waals surface area contributed by atoms with Crippen molar-refractivity contribution >= 4 is 5.90 Å². The topological polar surface area (TPSA) is 21.6 Å². The molecule has 2 heteroatoms. The molecule has 3 rings (SSSR count). The van der Waals surface area contributed by atoms with Crippen molar-refractivity contribution < 1.29 is 4.74 Å². The summed E-state index contributed by atoms with van der Waals surface area (Å²) in [6, 6.07) is 0. The maximum Gasteiger partial charge on any atom is 0.187 e. The average Bonchev–Trinajstić information content (AvgIpc) is 2.81. The quantitative estimate of drug-likeness (QED) is 0.538. The SMILES string of the molecule is C1=C[C@H]2C[C@@H]1CC2C1=NCCO1. The van der Waals surface area contributed by atoms with Crippen LogP contribution in [0.2, 0.25) is 0 Å². The number of hydrogen-bond donors (Lipinski definition) is 0. The summed E-state index contributed by atoms with van der Waals surface area (Å²) < 4.78 is 5.51. The maximum absolute atomic E-state index is 5.51. The first-order valence-corrected chi connectivity index (χ1v) is 4.79. The normalized spacial score (nSPS) is 43.3. The van der Waals surface area contributed by atoms with Crippen LogP contribution in [0.3, 0.4) is 0 Å². The first-order valence-electron chi connectivity index (χ1n) is 4.79. The van der Waals surface area contributed by atoms with Crippen molar-refractivity contribution in [2.45, 2.75) is 12.8 Å². The molecule has 1 saturated carbocycles. The van der Waals surface area contributed by atoms with E-state index in [-0.39, 0.29) is 0 Å². The van der Waals surface area contributed by atoms with Gasteiger partial charge >= 0.3 is 0 Å². The summed E-state index contributed by atoms with van der Waals surface area (Å²) in [5.41, 5.74) is 0. The van der Waals surface area contributed by atoms with Gasteiger partial charge in [0.05, 0.1) is 6.54 Å². The zero-order valence-corrected chi connectivity index (χ0v) is 7.07. The van der Waals surface area contributed by atoms with E-state index in [1.165, 1.54) is 12.8 Å². The largest absolute Gasteiger partial charge is 0.479 e. The standard InChI is InChI=1S/C10H13NO/c1-2-8-5-7(1)6-9(8)10-11-3-4-12-10/h1-2,7-9H,3-6H2/t7-,8+,9?/m1/s1. The molecule has 12 heavy (non-hydrogen) atoms. The van der Waals surface area contributed by atoms with E-state index in [1.54, 1.807) is 0 Å². The predicted octanol–water partition coefficient (Wildman–Crippen LogP) is 1.63. The van der Waals surface area contributed by atoms with Crippen molar-refractivity contribution in [1.82, 2.24) is 0 Å². The van der Waals surface area contributed by atoms with E-state index >= 15 is 0 Å². The fourth-order valence-corrected chi connectivity index (χ4v) is 2.64. The zero-order valence-electron chi connectivity index (χ0n) is 7.07. The second-order valence-corrected chi connectivity index (χ2v) is 3.96. The second-order valence-electron chi connectivity index (χ2n) is 3.96. The summed E-state index contributed by atoms with van der Waals surface area (Å²) >= 11 is 0. The summed E-state index contributed by atoms with van der Waals surface area (Å²) in [6.07, 6.45) is 7.33. The first-order chi connectivity index (χ1) is 5.93. The summed E-state index contributed by atoms with van der Waals surface area (Å²) in [5, 5.41) is 0. The monoisotopic (exact) mass is 163 g/mol. The highest BCUT2D eigenvalue weighted by Gasteiger charge is 2.40. The Morgan fingerprint density at radius 3 is 2.92 bits per heavy atom. The first kappa shape index (κ1) is 6.70. The molecule has 0 amide bonds. The molecule has 0 aromatic heterocycles.